The Morgan fingerprint density at radius 3 is 1.91 bits per heavy atom. The molecule has 0 heterocycles. The van der Waals surface area contributed by atoms with Gasteiger partial charge in [-0.3, -0.25) is 4.79 Å². The number of hydrogen-bond donors (Lipinski definition) is 1. The third kappa shape index (κ3) is 12.6. The maximum atomic E-state index is 11.7. The molecule has 0 fully saturated rings. The van der Waals surface area contributed by atoms with Crippen molar-refractivity contribution in [3.63, 3.8) is 0 Å². The molecule has 0 aromatic rings. The lowest BCUT2D eigenvalue weighted by Crippen LogP contribution is -2.02. The van der Waals surface area contributed by atoms with E-state index in [-0.39, 0.29) is 6.61 Å². The van der Waals surface area contributed by atoms with E-state index in [9.17, 15) is 4.79 Å². The van der Waals surface area contributed by atoms with E-state index in [0.717, 1.165) is 25.7 Å². The number of rotatable bonds is 11. The fraction of sp³-hybridized carbons (Fsp3) is 0.650. The molecule has 126 valence electrons. The van der Waals surface area contributed by atoms with E-state index in [1.54, 1.807) is 0 Å². The molecule has 0 aromatic carbocycles. The number of hydrogen-bond acceptors (Lipinski definition) is 2. The molecule has 1 N–H and O–H groups in total. The number of aliphatic hydroxyl groups excluding tert-OH is 1. The van der Waals surface area contributed by atoms with Gasteiger partial charge < -0.3 is 5.11 Å². The Balaban J connectivity index is 4.03. The van der Waals surface area contributed by atoms with Crippen LogP contribution in [0.3, 0.4) is 0 Å². The van der Waals surface area contributed by atoms with E-state index in [1.807, 2.05) is 6.08 Å². The van der Waals surface area contributed by atoms with Crippen LogP contribution in [0.25, 0.3) is 0 Å². The lowest BCUT2D eigenvalue weighted by molar-refractivity contribution is -0.119. The van der Waals surface area contributed by atoms with Crippen molar-refractivity contribution in [1.82, 2.24) is 0 Å². The van der Waals surface area contributed by atoms with E-state index in [2.05, 4.69) is 46.8 Å². The van der Waals surface area contributed by atoms with Crippen LogP contribution in [0.5, 0.6) is 0 Å². The number of aliphatic hydroxyl groups is 1. The minimum absolute atomic E-state index is 0.133. The summed E-state index contributed by atoms with van der Waals surface area (Å²) in [6.07, 6.45) is 11.7. The molecule has 0 rings (SSSR count). The van der Waals surface area contributed by atoms with Gasteiger partial charge in [0.1, 0.15) is 5.78 Å². The standard InChI is InChI=1S/C20H34O2/c1-16(2)14-20(22)15-19(5)11-7-9-17(3)8-6-10-18(4)12-13-21/h8,11-12,16,21H,6-7,9-10,13-15H2,1-5H3/b17-8+,18-12+,19-11+. The van der Waals surface area contributed by atoms with Gasteiger partial charge in [-0.2, -0.15) is 0 Å². The topological polar surface area (TPSA) is 37.3 Å². The molecule has 0 aromatic heterocycles. The second kappa shape index (κ2) is 12.4. The van der Waals surface area contributed by atoms with Crippen LogP contribution in [0.4, 0.5) is 0 Å². The van der Waals surface area contributed by atoms with Crippen LogP contribution in [0.15, 0.2) is 34.9 Å². The molecule has 0 aliphatic carbocycles. The summed E-state index contributed by atoms with van der Waals surface area (Å²) in [7, 11) is 0. The molecule has 0 radical (unpaired) electrons. The molecular formula is C20H34O2. The molecule has 2 nitrogen and oxygen atoms in total. The van der Waals surface area contributed by atoms with Gasteiger partial charge in [0, 0.05) is 12.8 Å². The summed E-state index contributed by atoms with van der Waals surface area (Å²) in [4.78, 5) is 11.7. The van der Waals surface area contributed by atoms with E-state index in [1.165, 1.54) is 16.7 Å². The molecule has 0 unspecified atom stereocenters. The van der Waals surface area contributed by atoms with Gasteiger partial charge in [-0.05, 0) is 52.4 Å². The molecule has 0 amide bonds. The summed E-state index contributed by atoms with van der Waals surface area (Å²) < 4.78 is 0. The molecule has 0 atom stereocenters. The van der Waals surface area contributed by atoms with Gasteiger partial charge in [-0.25, -0.2) is 0 Å². The summed E-state index contributed by atoms with van der Waals surface area (Å²) in [5, 5.41) is 8.80. The van der Waals surface area contributed by atoms with E-state index < -0.39 is 0 Å². The van der Waals surface area contributed by atoms with Crippen molar-refractivity contribution in [3.8, 4) is 0 Å². The molecule has 0 aliphatic heterocycles. The minimum atomic E-state index is 0.133. The van der Waals surface area contributed by atoms with Crippen molar-refractivity contribution < 1.29 is 9.90 Å². The van der Waals surface area contributed by atoms with Gasteiger partial charge in [-0.15, -0.1) is 0 Å². The number of carbonyl (C=O) groups excluding carboxylic acids is 1. The fourth-order valence-corrected chi connectivity index (χ4v) is 2.36. The third-order valence-corrected chi connectivity index (χ3v) is 3.61. The second-order valence-electron chi connectivity index (χ2n) is 6.72. The zero-order valence-electron chi connectivity index (χ0n) is 15.1. The van der Waals surface area contributed by atoms with Gasteiger partial charge >= 0.3 is 0 Å². The number of ketones is 1. The number of Topliss-reactive ketones (excluding diaryl/α,β-unsaturated/α-hetero) is 1. The van der Waals surface area contributed by atoms with Crippen molar-refractivity contribution in [3.05, 3.63) is 34.9 Å². The highest BCUT2D eigenvalue weighted by Crippen LogP contribution is 2.13. The first-order valence-corrected chi connectivity index (χ1v) is 8.44. The van der Waals surface area contributed by atoms with Gasteiger partial charge in [0.05, 0.1) is 6.61 Å². The summed E-state index contributed by atoms with van der Waals surface area (Å²) in [5.41, 5.74) is 3.83. The van der Waals surface area contributed by atoms with Gasteiger partial charge in [0.2, 0.25) is 0 Å². The smallest absolute Gasteiger partial charge is 0.137 e. The maximum Gasteiger partial charge on any atom is 0.137 e. The molecule has 0 saturated heterocycles. The van der Waals surface area contributed by atoms with E-state index >= 15 is 0 Å². The number of allylic oxidation sites excluding steroid dienone is 5. The molecule has 0 saturated carbocycles. The summed E-state index contributed by atoms with van der Waals surface area (Å²) in [6.45, 7) is 10.6. The zero-order chi connectivity index (χ0) is 17.0. The minimum Gasteiger partial charge on any atom is -0.392 e. The van der Waals surface area contributed by atoms with Crippen molar-refractivity contribution >= 4 is 5.78 Å². The summed E-state index contributed by atoms with van der Waals surface area (Å²) >= 11 is 0. The Labute approximate surface area is 137 Å². The maximum absolute atomic E-state index is 11.7. The van der Waals surface area contributed by atoms with Gasteiger partial charge in [0.15, 0.2) is 0 Å². The molecule has 0 spiro atoms. The highest BCUT2D eigenvalue weighted by molar-refractivity contribution is 5.80. The normalized spacial score (nSPS) is 13.9. The average Bonchev–Trinajstić information content (AvgIpc) is 2.37. The Morgan fingerprint density at radius 2 is 1.41 bits per heavy atom. The van der Waals surface area contributed by atoms with Crippen LogP contribution in [-0.4, -0.2) is 17.5 Å². The molecule has 22 heavy (non-hydrogen) atoms. The predicted molar refractivity (Wildman–Crippen MR) is 95.9 cm³/mol. The van der Waals surface area contributed by atoms with E-state index in [0.29, 0.717) is 24.5 Å². The van der Waals surface area contributed by atoms with Crippen LogP contribution in [-0.2, 0) is 4.79 Å². The lowest BCUT2D eigenvalue weighted by atomic mass is 10.0. The zero-order valence-corrected chi connectivity index (χ0v) is 15.1. The van der Waals surface area contributed by atoms with Crippen molar-refractivity contribution in [1.29, 1.82) is 0 Å². The predicted octanol–water partition coefficient (Wildman–Crippen LogP) is 5.38. The molecular weight excluding hydrogens is 272 g/mol. The lowest BCUT2D eigenvalue weighted by Gasteiger charge is -2.05. The van der Waals surface area contributed by atoms with Crippen LogP contribution in [0.1, 0.15) is 73.1 Å². The SMILES string of the molecule is C/C(=C\CO)CC/C=C(\C)CC/C=C(\C)CC(=O)CC(C)C. The molecule has 2 heteroatoms. The van der Waals surface area contributed by atoms with E-state index in [4.69, 9.17) is 5.11 Å². The molecule has 0 aliphatic rings. The fourth-order valence-electron chi connectivity index (χ4n) is 2.36. The van der Waals surface area contributed by atoms with Crippen LogP contribution >= 0.6 is 0 Å². The Bertz CT molecular complexity index is 411. The highest BCUT2D eigenvalue weighted by atomic mass is 16.2. The average molecular weight is 306 g/mol. The first-order valence-electron chi connectivity index (χ1n) is 8.44. The second-order valence-corrected chi connectivity index (χ2v) is 6.72. The van der Waals surface area contributed by atoms with Crippen molar-refractivity contribution in [2.45, 2.75) is 73.1 Å². The van der Waals surface area contributed by atoms with Gasteiger partial charge in [-0.1, -0.05) is 48.8 Å². The van der Waals surface area contributed by atoms with Crippen LogP contribution in [0, 0.1) is 5.92 Å². The Morgan fingerprint density at radius 1 is 0.909 bits per heavy atom. The monoisotopic (exact) mass is 306 g/mol. The van der Waals surface area contributed by atoms with Crippen molar-refractivity contribution in [2.24, 2.45) is 5.92 Å². The Kier molecular flexibility index (Phi) is 11.8. The molecule has 0 bridgehead atoms. The number of carbonyl (C=O) groups is 1. The Hall–Kier alpha value is -1.15. The highest BCUT2D eigenvalue weighted by Gasteiger charge is 2.05. The first-order chi connectivity index (χ1) is 10.3. The van der Waals surface area contributed by atoms with Crippen LogP contribution < -0.4 is 0 Å². The quantitative estimate of drug-likeness (QED) is 0.520. The summed E-state index contributed by atoms with van der Waals surface area (Å²) in [6, 6.07) is 0. The van der Waals surface area contributed by atoms with Crippen LogP contribution in [0.2, 0.25) is 0 Å². The summed E-state index contributed by atoms with van der Waals surface area (Å²) in [5.74, 6) is 0.802. The third-order valence-electron chi connectivity index (χ3n) is 3.61. The largest absolute Gasteiger partial charge is 0.392 e. The first kappa shape index (κ1) is 20.9. The van der Waals surface area contributed by atoms with Crippen molar-refractivity contribution in [2.75, 3.05) is 6.61 Å². The van der Waals surface area contributed by atoms with Gasteiger partial charge in [0.25, 0.3) is 0 Å².